The SMILES string of the molecule is CC1(C)O[C@H]2[C@H](C=CC(=O)[C@@H]2O)O1. The Morgan fingerprint density at radius 2 is 2.15 bits per heavy atom. The maximum Gasteiger partial charge on any atom is 0.186 e. The van der Waals surface area contributed by atoms with E-state index in [0.29, 0.717) is 0 Å². The topological polar surface area (TPSA) is 55.8 Å². The Bertz CT molecular complexity index is 269. The van der Waals surface area contributed by atoms with Crippen LogP contribution in [0.5, 0.6) is 0 Å². The fourth-order valence-electron chi connectivity index (χ4n) is 1.66. The van der Waals surface area contributed by atoms with E-state index in [0.717, 1.165) is 0 Å². The molecule has 0 spiro atoms. The van der Waals surface area contributed by atoms with Gasteiger partial charge in [0.25, 0.3) is 0 Å². The molecule has 0 saturated carbocycles. The first kappa shape index (κ1) is 8.87. The van der Waals surface area contributed by atoms with Crippen molar-refractivity contribution in [3.05, 3.63) is 12.2 Å². The number of rotatable bonds is 0. The molecule has 1 heterocycles. The maximum absolute atomic E-state index is 11.1. The van der Waals surface area contributed by atoms with Gasteiger partial charge in [0.05, 0.1) is 0 Å². The number of aliphatic hydroxyl groups is 1. The summed E-state index contributed by atoms with van der Waals surface area (Å²) in [5.41, 5.74) is 0. The molecule has 4 nitrogen and oxygen atoms in total. The first-order valence-corrected chi connectivity index (χ1v) is 4.25. The molecule has 0 aromatic heterocycles. The average Bonchev–Trinajstić information content (AvgIpc) is 2.34. The summed E-state index contributed by atoms with van der Waals surface area (Å²) in [5.74, 6) is -1.03. The highest BCUT2D eigenvalue weighted by Gasteiger charge is 2.47. The van der Waals surface area contributed by atoms with Crippen LogP contribution in [0.15, 0.2) is 12.2 Å². The maximum atomic E-state index is 11.1. The van der Waals surface area contributed by atoms with Crippen LogP contribution in [0.4, 0.5) is 0 Å². The van der Waals surface area contributed by atoms with Crippen molar-refractivity contribution in [3.8, 4) is 0 Å². The molecular formula is C9H12O4. The second kappa shape index (κ2) is 2.64. The summed E-state index contributed by atoms with van der Waals surface area (Å²) < 4.78 is 10.8. The lowest BCUT2D eigenvalue weighted by atomic mass is 9.98. The molecular weight excluding hydrogens is 172 g/mol. The van der Waals surface area contributed by atoms with Gasteiger partial charge in [-0.1, -0.05) is 0 Å². The smallest absolute Gasteiger partial charge is 0.186 e. The van der Waals surface area contributed by atoms with E-state index in [1.165, 1.54) is 6.08 Å². The van der Waals surface area contributed by atoms with Crippen molar-refractivity contribution in [1.29, 1.82) is 0 Å². The van der Waals surface area contributed by atoms with Crippen molar-refractivity contribution >= 4 is 5.78 Å². The summed E-state index contributed by atoms with van der Waals surface area (Å²) in [6, 6.07) is 0. The number of hydrogen-bond donors (Lipinski definition) is 1. The molecule has 0 radical (unpaired) electrons. The third kappa shape index (κ3) is 1.41. The largest absolute Gasteiger partial charge is 0.382 e. The van der Waals surface area contributed by atoms with Gasteiger partial charge in [0.15, 0.2) is 11.6 Å². The van der Waals surface area contributed by atoms with Crippen LogP contribution >= 0.6 is 0 Å². The minimum atomic E-state index is -1.09. The molecule has 1 fully saturated rings. The Morgan fingerprint density at radius 3 is 2.85 bits per heavy atom. The van der Waals surface area contributed by atoms with Crippen LogP contribution in [0.2, 0.25) is 0 Å². The van der Waals surface area contributed by atoms with Crippen LogP contribution in [0, 0.1) is 0 Å². The van der Waals surface area contributed by atoms with Crippen LogP contribution in [0.3, 0.4) is 0 Å². The van der Waals surface area contributed by atoms with Gasteiger partial charge in [0.2, 0.25) is 0 Å². The van der Waals surface area contributed by atoms with Crippen LogP contribution in [-0.4, -0.2) is 35.0 Å². The Kier molecular flexibility index (Phi) is 1.80. The zero-order valence-corrected chi connectivity index (χ0v) is 7.56. The molecule has 13 heavy (non-hydrogen) atoms. The summed E-state index contributed by atoms with van der Waals surface area (Å²) in [4.78, 5) is 11.1. The number of carbonyl (C=O) groups is 1. The monoisotopic (exact) mass is 184 g/mol. The molecule has 0 aromatic carbocycles. The van der Waals surface area contributed by atoms with E-state index >= 15 is 0 Å². The van der Waals surface area contributed by atoms with Crippen molar-refractivity contribution < 1.29 is 19.4 Å². The summed E-state index contributed by atoms with van der Waals surface area (Å²) in [6.07, 6.45) is 1.04. The van der Waals surface area contributed by atoms with E-state index in [2.05, 4.69) is 0 Å². The van der Waals surface area contributed by atoms with Gasteiger partial charge in [-0.25, -0.2) is 0 Å². The van der Waals surface area contributed by atoms with E-state index in [-0.39, 0.29) is 11.9 Å². The lowest BCUT2D eigenvalue weighted by molar-refractivity contribution is -0.156. The van der Waals surface area contributed by atoms with Gasteiger partial charge in [-0.2, -0.15) is 0 Å². The first-order chi connectivity index (χ1) is 5.99. The number of ether oxygens (including phenoxy) is 2. The third-order valence-corrected chi connectivity index (χ3v) is 2.22. The van der Waals surface area contributed by atoms with Crippen LogP contribution < -0.4 is 0 Å². The second-order valence-corrected chi connectivity index (χ2v) is 3.77. The highest BCUT2D eigenvalue weighted by molar-refractivity contribution is 5.95. The van der Waals surface area contributed by atoms with Gasteiger partial charge in [-0.3, -0.25) is 4.79 Å². The molecule has 0 bridgehead atoms. The van der Waals surface area contributed by atoms with E-state index in [1.54, 1.807) is 19.9 Å². The second-order valence-electron chi connectivity index (χ2n) is 3.77. The van der Waals surface area contributed by atoms with Crippen LogP contribution in [0.25, 0.3) is 0 Å². The fraction of sp³-hybridized carbons (Fsp3) is 0.667. The van der Waals surface area contributed by atoms with Crippen molar-refractivity contribution in [2.75, 3.05) is 0 Å². The molecule has 0 unspecified atom stereocenters. The summed E-state index contributed by atoms with van der Waals surface area (Å²) >= 11 is 0. The third-order valence-electron chi connectivity index (χ3n) is 2.22. The summed E-state index contributed by atoms with van der Waals surface area (Å²) in [6.45, 7) is 3.52. The zero-order valence-electron chi connectivity index (χ0n) is 7.56. The number of ketones is 1. The summed E-state index contributed by atoms with van der Waals surface area (Å²) in [5, 5.41) is 9.47. The predicted molar refractivity (Wildman–Crippen MR) is 44.0 cm³/mol. The average molecular weight is 184 g/mol. The van der Waals surface area contributed by atoms with Crippen LogP contribution in [0.1, 0.15) is 13.8 Å². The molecule has 0 amide bonds. The lowest BCUT2D eigenvalue weighted by Crippen LogP contribution is -2.42. The highest BCUT2D eigenvalue weighted by atomic mass is 16.8. The van der Waals surface area contributed by atoms with Crippen molar-refractivity contribution in [1.82, 2.24) is 0 Å². The quantitative estimate of drug-likeness (QED) is 0.576. The Morgan fingerprint density at radius 1 is 1.46 bits per heavy atom. The molecule has 1 N–H and O–H groups in total. The van der Waals surface area contributed by atoms with Crippen LogP contribution in [-0.2, 0) is 14.3 Å². The number of fused-ring (bicyclic) bond motifs is 1. The number of hydrogen-bond acceptors (Lipinski definition) is 4. The van der Waals surface area contributed by atoms with Crippen molar-refractivity contribution in [3.63, 3.8) is 0 Å². The predicted octanol–water partition coefficient (Wildman–Crippen LogP) is 0.00630. The molecule has 4 heteroatoms. The fourth-order valence-corrected chi connectivity index (χ4v) is 1.66. The standard InChI is InChI=1S/C9H12O4/c1-9(2)12-6-4-3-5(10)7(11)8(6)13-9/h3-4,6-8,11H,1-2H3/t6-,7-,8-/m0/s1. The molecule has 72 valence electrons. The molecule has 2 aliphatic rings. The highest BCUT2D eigenvalue weighted by Crippen LogP contribution is 2.32. The minimum Gasteiger partial charge on any atom is -0.382 e. The van der Waals surface area contributed by atoms with E-state index in [1.807, 2.05) is 0 Å². The van der Waals surface area contributed by atoms with Crippen molar-refractivity contribution in [2.45, 2.75) is 37.9 Å². The Hall–Kier alpha value is -0.710. The molecule has 1 aliphatic heterocycles. The summed E-state index contributed by atoms with van der Waals surface area (Å²) in [7, 11) is 0. The minimum absolute atomic E-state index is 0.303. The normalized spacial score (nSPS) is 42.1. The number of carbonyl (C=O) groups excluding carboxylic acids is 1. The number of aliphatic hydroxyl groups excluding tert-OH is 1. The van der Waals surface area contributed by atoms with Gasteiger partial charge in [-0.05, 0) is 26.0 Å². The van der Waals surface area contributed by atoms with E-state index in [9.17, 15) is 9.90 Å². The molecule has 1 saturated heterocycles. The molecule has 0 aromatic rings. The van der Waals surface area contributed by atoms with Gasteiger partial charge < -0.3 is 14.6 Å². The van der Waals surface area contributed by atoms with E-state index < -0.39 is 18.0 Å². The molecule has 3 atom stereocenters. The van der Waals surface area contributed by atoms with Gasteiger partial charge >= 0.3 is 0 Å². The van der Waals surface area contributed by atoms with Gasteiger partial charge in [-0.15, -0.1) is 0 Å². The lowest BCUT2D eigenvalue weighted by Gasteiger charge is -2.21. The zero-order chi connectivity index (χ0) is 9.64. The molecule has 2 rings (SSSR count). The Balaban J connectivity index is 2.24. The van der Waals surface area contributed by atoms with Gasteiger partial charge in [0, 0.05) is 0 Å². The molecule has 1 aliphatic carbocycles. The first-order valence-electron chi connectivity index (χ1n) is 4.25. The van der Waals surface area contributed by atoms with Crippen molar-refractivity contribution in [2.24, 2.45) is 0 Å². The van der Waals surface area contributed by atoms with E-state index in [4.69, 9.17) is 9.47 Å². The van der Waals surface area contributed by atoms with Gasteiger partial charge in [0.1, 0.15) is 18.3 Å². The Labute approximate surface area is 76.1 Å².